The monoisotopic (exact) mass is 349 g/mol. The molecule has 2 aromatic carbocycles. The van der Waals surface area contributed by atoms with Crippen LogP contribution in [-0.2, 0) is 11.2 Å². The number of carboxylic acids is 1. The van der Waals surface area contributed by atoms with Gasteiger partial charge in [-0.3, -0.25) is 9.59 Å². The summed E-state index contributed by atoms with van der Waals surface area (Å²) in [7, 11) is 0. The maximum absolute atomic E-state index is 12.0. The number of nitrogens with one attached hydrogen (secondary N) is 1. The van der Waals surface area contributed by atoms with E-state index in [-0.39, 0.29) is 17.7 Å². The molecule has 0 spiro atoms. The van der Waals surface area contributed by atoms with Crippen LogP contribution in [0.1, 0.15) is 15.9 Å². The summed E-state index contributed by atoms with van der Waals surface area (Å²) in [6.07, 6.45) is -0.0677. The van der Waals surface area contributed by atoms with E-state index in [0.29, 0.717) is 15.7 Å². The lowest BCUT2D eigenvalue weighted by Crippen LogP contribution is -2.12. The van der Waals surface area contributed by atoms with Crippen LogP contribution in [0.2, 0.25) is 0 Å². The van der Waals surface area contributed by atoms with Gasteiger partial charge in [0.1, 0.15) is 5.75 Å². The van der Waals surface area contributed by atoms with Crippen molar-refractivity contribution < 1.29 is 19.8 Å². The third-order valence-corrected chi connectivity index (χ3v) is 3.26. The molecule has 5 nitrogen and oxygen atoms in total. The van der Waals surface area contributed by atoms with Crippen molar-refractivity contribution in [3.63, 3.8) is 0 Å². The molecule has 21 heavy (non-hydrogen) atoms. The first-order chi connectivity index (χ1) is 9.95. The van der Waals surface area contributed by atoms with E-state index in [2.05, 4.69) is 21.2 Å². The Morgan fingerprint density at radius 1 is 1.10 bits per heavy atom. The third-order valence-electron chi connectivity index (χ3n) is 2.77. The first-order valence-corrected chi connectivity index (χ1v) is 6.85. The van der Waals surface area contributed by atoms with Crippen LogP contribution in [-0.4, -0.2) is 22.1 Å². The Bertz CT molecular complexity index is 683. The highest BCUT2D eigenvalue weighted by atomic mass is 79.9. The van der Waals surface area contributed by atoms with Crippen molar-refractivity contribution in [2.24, 2.45) is 0 Å². The lowest BCUT2D eigenvalue weighted by Gasteiger charge is -2.07. The van der Waals surface area contributed by atoms with Gasteiger partial charge in [-0.1, -0.05) is 28.1 Å². The molecular weight excluding hydrogens is 338 g/mol. The standard InChI is InChI=1S/C15H12BrNO4/c16-10-3-6-12(13(18)8-10)15(21)17-11-4-1-9(2-5-11)7-14(19)20/h1-6,8,18H,7H2,(H,17,21)(H,19,20). The number of phenolic OH excluding ortho intramolecular Hbond substituents is 1. The number of phenols is 1. The van der Waals surface area contributed by atoms with E-state index < -0.39 is 11.9 Å². The molecule has 0 saturated carbocycles. The SMILES string of the molecule is O=C(O)Cc1ccc(NC(=O)c2ccc(Br)cc2O)cc1. The number of amides is 1. The molecule has 0 heterocycles. The first-order valence-electron chi connectivity index (χ1n) is 6.06. The van der Waals surface area contributed by atoms with Crippen molar-refractivity contribution in [2.75, 3.05) is 5.32 Å². The number of carbonyl (C=O) groups excluding carboxylic acids is 1. The molecule has 0 saturated heterocycles. The quantitative estimate of drug-likeness (QED) is 0.791. The molecule has 0 aromatic heterocycles. The molecule has 108 valence electrons. The van der Waals surface area contributed by atoms with Gasteiger partial charge in [-0.25, -0.2) is 0 Å². The van der Waals surface area contributed by atoms with Gasteiger partial charge >= 0.3 is 5.97 Å². The van der Waals surface area contributed by atoms with Crippen molar-refractivity contribution in [2.45, 2.75) is 6.42 Å². The van der Waals surface area contributed by atoms with Gasteiger partial charge in [0.2, 0.25) is 0 Å². The summed E-state index contributed by atoms with van der Waals surface area (Å²) in [5, 5.41) is 21.0. The summed E-state index contributed by atoms with van der Waals surface area (Å²) in [6.45, 7) is 0. The van der Waals surface area contributed by atoms with Crippen LogP contribution in [0.15, 0.2) is 46.9 Å². The fourth-order valence-electron chi connectivity index (χ4n) is 1.78. The molecule has 0 bridgehead atoms. The van der Waals surface area contributed by atoms with Crippen LogP contribution in [0, 0.1) is 0 Å². The van der Waals surface area contributed by atoms with E-state index >= 15 is 0 Å². The maximum Gasteiger partial charge on any atom is 0.307 e. The number of aliphatic carboxylic acids is 1. The Labute approximate surface area is 129 Å². The van der Waals surface area contributed by atoms with Crippen molar-refractivity contribution in [3.05, 3.63) is 58.1 Å². The molecule has 3 N–H and O–H groups in total. The van der Waals surface area contributed by atoms with E-state index in [9.17, 15) is 14.7 Å². The van der Waals surface area contributed by atoms with E-state index in [1.54, 1.807) is 30.3 Å². The average Bonchev–Trinajstić information content (AvgIpc) is 2.40. The summed E-state index contributed by atoms with van der Waals surface area (Å²) < 4.78 is 0.676. The third kappa shape index (κ3) is 4.06. The van der Waals surface area contributed by atoms with Crippen LogP contribution >= 0.6 is 15.9 Å². The number of rotatable bonds is 4. The Morgan fingerprint density at radius 3 is 2.33 bits per heavy atom. The van der Waals surface area contributed by atoms with Crippen molar-refractivity contribution in [3.8, 4) is 5.75 Å². The maximum atomic E-state index is 12.0. The second-order valence-corrected chi connectivity index (χ2v) is 5.30. The summed E-state index contributed by atoms with van der Waals surface area (Å²) in [4.78, 5) is 22.6. The van der Waals surface area contributed by atoms with Gasteiger partial charge in [0.05, 0.1) is 12.0 Å². The molecule has 2 rings (SSSR count). The Morgan fingerprint density at radius 2 is 1.76 bits per heavy atom. The second kappa shape index (κ2) is 6.41. The second-order valence-electron chi connectivity index (χ2n) is 4.38. The van der Waals surface area contributed by atoms with Crippen LogP contribution in [0.4, 0.5) is 5.69 Å². The van der Waals surface area contributed by atoms with E-state index in [0.717, 1.165) is 0 Å². The predicted molar refractivity (Wildman–Crippen MR) is 81.5 cm³/mol. The molecule has 6 heteroatoms. The number of aromatic hydroxyl groups is 1. The number of hydrogen-bond acceptors (Lipinski definition) is 3. The Hall–Kier alpha value is -2.34. The zero-order valence-electron chi connectivity index (χ0n) is 10.8. The minimum Gasteiger partial charge on any atom is -0.507 e. The zero-order valence-corrected chi connectivity index (χ0v) is 12.4. The molecule has 1 amide bonds. The van der Waals surface area contributed by atoms with Crippen LogP contribution in [0.3, 0.4) is 0 Å². The number of benzene rings is 2. The number of carbonyl (C=O) groups is 2. The van der Waals surface area contributed by atoms with Gasteiger partial charge in [-0.05, 0) is 35.9 Å². The lowest BCUT2D eigenvalue weighted by molar-refractivity contribution is -0.136. The Balaban J connectivity index is 2.10. The molecule has 2 aromatic rings. The fraction of sp³-hybridized carbons (Fsp3) is 0.0667. The molecular formula is C15H12BrNO4. The molecule has 0 radical (unpaired) electrons. The molecule has 0 fully saturated rings. The minimum absolute atomic E-state index is 0.0677. The zero-order chi connectivity index (χ0) is 15.4. The number of halogens is 1. The highest BCUT2D eigenvalue weighted by Crippen LogP contribution is 2.23. The summed E-state index contributed by atoms with van der Waals surface area (Å²) in [5.74, 6) is -1.47. The summed E-state index contributed by atoms with van der Waals surface area (Å²) in [6, 6.07) is 11.1. The molecule has 0 unspecified atom stereocenters. The van der Waals surface area contributed by atoms with E-state index in [1.807, 2.05) is 0 Å². The van der Waals surface area contributed by atoms with Crippen molar-refractivity contribution >= 4 is 33.5 Å². The topological polar surface area (TPSA) is 86.6 Å². The molecule has 0 atom stereocenters. The number of carboxylic acid groups (broad SMARTS) is 1. The summed E-state index contributed by atoms with van der Waals surface area (Å²) >= 11 is 3.20. The van der Waals surface area contributed by atoms with Gasteiger partial charge in [-0.2, -0.15) is 0 Å². The first kappa shape index (κ1) is 15.1. The van der Waals surface area contributed by atoms with Crippen LogP contribution in [0.5, 0.6) is 5.75 Å². The minimum atomic E-state index is -0.911. The normalized spacial score (nSPS) is 10.1. The fourth-order valence-corrected chi connectivity index (χ4v) is 2.12. The van der Waals surface area contributed by atoms with Gasteiger partial charge in [-0.15, -0.1) is 0 Å². The molecule has 0 aliphatic carbocycles. The van der Waals surface area contributed by atoms with Gasteiger partial charge in [0.25, 0.3) is 5.91 Å². The predicted octanol–water partition coefficient (Wildman–Crippen LogP) is 3.03. The molecule has 0 aliphatic heterocycles. The molecule has 0 aliphatic rings. The van der Waals surface area contributed by atoms with Gasteiger partial charge in [0.15, 0.2) is 0 Å². The smallest absolute Gasteiger partial charge is 0.307 e. The van der Waals surface area contributed by atoms with Crippen molar-refractivity contribution in [1.29, 1.82) is 0 Å². The van der Waals surface area contributed by atoms with Crippen LogP contribution in [0.25, 0.3) is 0 Å². The Kier molecular flexibility index (Phi) is 4.59. The number of hydrogen-bond donors (Lipinski definition) is 3. The average molecular weight is 350 g/mol. The summed E-state index contributed by atoms with van der Waals surface area (Å²) in [5.41, 5.74) is 1.33. The highest BCUT2D eigenvalue weighted by Gasteiger charge is 2.11. The van der Waals surface area contributed by atoms with Gasteiger partial charge in [0, 0.05) is 10.2 Å². The van der Waals surface area contributed by atoms with E-state index in [1.165, 1.54) is 12.1 Å². The largest absolute Gasteiger partial charge is 0.507 e. The number of anilines is 1. The van der Waals surface area contributed by atoms with Gasteiger partial charge < -0.3 is 15.5 Å². The lowest BCUT2D eigenvalue weighted by atomic mass is 10.1. The van der Waals surface area contributed by atoms with Crippen molar-refractivity contribution in [1.82, 2.24) is 0 Å². The highest BCUT2D eigenvalue weighted by molar-refractivity contribution is 9.10. The van der Waals surface area contributed by atoms with E-state index in [4.69, 9.17) is 5.11 Å². The van der Waals surface area contributed by atoms with Crippen LogP contribution < -0.4 is 5.32 Å².